The average molecular weight is 414 g/mol. The maximum Gasteiger partial charge on any atom is 0.453 e. The van der Waals surface area contributed by atoms with E-state index in [0.717, 1.165) is 17.3 Å². The van der Waals surface area contributed by atoms with Crippen LogP contribution in [0.5, 0.6) is 0 Å². The number of hydrogen-bond donors (Lipinski definition) is 2. The first-order valence-electron chi connectivity index (χ1n) is 7.52. The largest absolute Gasteiger partial charge is 0.453 e. The Morgan fingerprint density at radius 3 is 2.63 bits per heavy atom. The highest BCUT2D eigenvalue weighted by Gasteiger charge is 2.38. The molecular weight excluding hydrogens is 401 g/mol. The fraction of sp³-hybridized carbons (Fsp3) is 0.200. The summed E-state index contributed by atoms with van der Waals surface area (Å²) in [6.45, 7) is 1.52. The summed E-state index contributed by atoms with van der Waals surface area (Å²) >= 11 is 2.01. The van der Waals surface area contributed by atoms with E-state index in [9.17, 15) is 18.0 Å². The fourth-order valence-electron chi connectivity index (χ4n) is 2.04. The van der Waals surface area contributed by atoms with Gasteiger partial charge in [-0.3, -0.25) is 4.79 Å². The van der Waals surface area contributed by atoms with Crippen LogP contribution < -0.4 is 11.2 Å². The molecule has 0 fully saturated rings. The molecule has 0 spiro atoms. The van der Waals surface area contributed by atoms with E-state index < -0.39 is 23.2 Å². The van der Waals surface area contributed by atoms with E-state index >= 15 is 0 Å². The van der Waals surface area contributed by atoms with Crippen LogP contribution in [0.1, 0.15) is 12.7 Å². The van der Waals surface area contributed by atoms with E-state index in [1.165, 1.54) is 18.3 Å². The van der Waals surface area contributed by atoms with E-state index in [1.54, 1.807) is 5.38 Å². The summed E-state index contributed by atoms with van der Waals surface area (Å²) < 4.78 is 38.4. The Labute approximate surface area is 159 Å². The number of anilines is 1. The summed E-state index contributed by atoms with van der Waals surface area (Å²) in [6.07, 6.45) is -4.72. The maximum atomic E-state index is 12.7. The maximum absolute atomic E-state index is 12.7. The molecule has 142 valence electrons. The standard InChI is InChI=1S/C15H13F3N6OS2/c1-8(27-14-23-22-12(24(14)19)15(16,17)18)11(25)21-13-20-10(7-26-13)9-5-3-2-4-6-9/h2-8H,19H2,1H3,(H,20,21,25). The summed E-state index contributed by atoms with van der Waals surface area (Å²) in [4.78, 5) is 16.6. The second kappa shape index (κ2) is 7.56. The highest BCUT2D eigenvalue weighted by molar-refractivity contribution is 8.00. The Morgan fingerprint density at radius 1 is 1.30 bits per heavy atom. The third-order valence-electron chi connectivity index (χ3n) is 3.37. The third-order valence-corrected chi connectivity index (χ3v) is 5.19. The number of carbonyl (C=O) groups is 1. The molecule has 1 atom stereocenters. The minimum Gasteiger partial charge on any atom is -0.335 e. The lowest BCUT2D eigenvalue weighted by molar-refractivity contribution is -0.146. The normalized spacial score (nSPS) is 12.7. The topological polar surface area (TPSA) is 98.7 Å². The van der Waals surface area contributed by atoms with Gasteiger partial charge in [0.25, 0.3) is 5.82 Å². The minimum absolute atomic E-state index is 0.214. The molecule has 3 N–H and O–H groups in total. The number of nitrogens with one attached hydrogen (secondary N) is 1. The van der Waals surface area contributed by atoms with Crippen LogP contribution in [-0.2, 0) is 11.0 Å². The molecule has 3 aromatic rings. The fourth-order valence-corrected chi connectivity index (χ4v) is 3.53. The predicted molar refractivity (Wildman–Crippen MR) is 96.7 cm³/mol. The summed E-state index contributed by atoms with van der Waals surface area (Å²) in [5.74, 6) is 3.60. The van der Waals surface area contributed by atoms with Gasteiger partial charge in [-0.1, -0.05) is 42.1 Å². The van der Waals surface area contributed by atoms with Crippen molar-refractivity contribution >= 4 is 34.1 Å². The summed E-state index contributed by atoms with van der Waals surface area (Å²) in [6, 6.07) is 9.43. The van der Waals surface area contributed by atoms with Crippen molar-refractivity contribution in [3.8, 4) is 11.3 Å². The first-order valence-corrected chi connectivity index (χ1v) is 9.28. The van der Waals surface area contributed by atoms with Crippen molar-refractivity contribution in [2.45, 2.75) is 23.5 Å². The second-order valence-electron chi connectivity index (χ2n) is 5.33. The zero-order chi connectivity index (χ0) is 19.6. The number of benzene rings is 1. The van der Waals surface area contributed by atoms with Gasteiger partial charge in [-0.05, 0) is 6.92 Å². The number of rotatable bonds is 5. The molecule has 2 aromatic heterocycles. The summed E-state index contributed by atoms with van der Waals surface area (Å²) in [5.41, 5.74) is 1.63. The van der Waals surface area contributed by atoms with Gasteiger partial charge in [-0.25, -0.2) is 9.66 Å². The number of carbonyl (C=O) groups excluding carboxylic acids is 1. The van der Waals surface area contributed by atoms with Gasteiger partial charge in [-0.15, -0.1) is 21.5 Å². The van der Waals surface area contributed by atoms with Crippen molar-refractivity contribution in [2.75, 3.05) is 11.2 Å². The van der Waals surface area contributed by atoms with Crippen LogP contribution in [0.4, 0.5) is 18.3 Å². The van der Waals surface area contributed by atoms with Crippen LogP contribution in [0.3, 0.4) is 0 Å². The number of nitrogens with zero attached hydrogens (tertiary/aromatic N) is 4. The monoisotopic (exact) mass is 414 g/mol. The molecule has 1 aromatic carbocycles. The molecule has 7 nitrogen and oxygen atoms in total. The molecule has 0 bridgehead atoms. The molecule has 0 saturated heterocycles. The number of alkyl halides is 3. The first kappa shape index (κ1) is 19.2. The van der Waals surface area contributed by atoms with E-state index in [0.29, 0.717) is 15.5 Å². The molecule has 0 aliphatic rings. The van der Waals surface area contributed by atoms with Crippen LogP contribution in [0.2, 0.25) is 0 Å². The Kier molecular flexibility index (Phi) is 5.37. The SMILES string of the molecule is CC(Sc1nnc(C(F)(F)F)n1N)C(=O)Nc1nc(-c2ccccc2)cs1. The number of amides is 1. The first-order chi connectivity index (χ1) is 12.8. The van der Waals surface area contributed by atoms with E-state index in [1.807, 2.05) is 30.3 Å². The number of thioether (sulfide) groups is 1. The van der Waals surface area contributed by atoms with Gasteiger partial charge in [-0.2, -0.15) is 13.2 Å². The van der Waals surface area contributed by atoms with Gasteiger partial charge in [0, 0.05) is 10.9 Å². The van der Waals surface area contributed by atoms with Crippen molar-refractivity contribution in [2.24, 2.45) is 0 Å². The Hall–Kier alpha value is -2.60. The van der Waals surface area contributed by atoms with Crippen LogP contribution in [0, 0.1) is 0 Å². The summed E-state index contributed by atoms with van der Waals surface area (Å²) in [7, 11) is 0. The van der Waals surface area contributed by atoms with Crippen molar-refractivity contribution in [1.29, 1.82) is 0 Å². The second-order valence-corrected chi connectivity index (χ2v) is 7.49. The van der Waals surface area contributed by atoms with Gasteiger partial charge in [0.15, 0.2) is 5.13 Å². The highest BCUT2D eigenvalue weighted by Crippen LogP contribution is 2.30. The van der Waals surface area contributed by atoms with E-state index in [4.69, 9.17) is 5.84 Å². The number of nitrogens with two attached hydrogens (primary N) is 1. The van der Waals surface area contributed by atoms with Crippen molar-refractivity contribution < 1.29 is 18.0 Å². The lowest BCUT2D eigenvalue weighted by Crippen LogP contribution is -2.25. The lowest BCUT2D eigenvalue weighted by atomic mass is 10.2. The molecule has 2 heterocycles. The smallest absolute Gasteiger partial charge is 0.335 e. The molecule has 1 amide bonds. The van der Waals surface area contributed by atoms with Gasteiger partial charge < -0.3 is 11.2 Å². The quantitative estimate of drug-likeness (QED) is 0.491. The molecular formula is C15H13F3N6OS2. The predicted octanol–water partition coefficient (Wildman–Crippen LogP) is 3.25. The zero-order valence-corrected chi connectivity index (χ0v) is 15.4. The van der Waals surface area contributed by atoms with Crippen molar-refractivity contribution in [3.63, 3.8) is 0 Å². The van der Waals surface area contributed by atoms with Crippen LogP contribution in [0.15, 0.2) is 40.9 Å². The van der Waals surface area contributed by atoms with Gasteiger partial charge in [0.1, 0.15) is 0 Å². The Balaban J connectivity index is 1.65. The van der Waals surface area contributed by atoms with Gasteiger partial charge >= 0.3 is 6.18 Å². The molecule has 0 radical (unpaired) electrons. The Morgan fingerprint density at radius 2 is 2.00 bits per heavy atom. The zero-order valence-electron chi connectivity index (χ0n) is 13.8. The van der Waals surface area contributed by atoms with Gasteiger partial charge in [0.2, 0.25) is 11.1 Å². The number of halogens is 3. The number of aromatic nitrogens is 4. The highest BCUT2D eigenvalue weighted by atomic mass is 32.2. The lowest BCUT2D eigenvalue weighted by Gasteiger charge is -2.10. The summed E-state index contributed by atoms with van der Waals surface area (Å²) in [5, 5.41) is 10.3. The van der Waals surface area contributed by atoms with Crippen LogP contribution >= 0.6 is 23.1 Å². The molecule has 0 saturated carbocycles. The van der Waals surface area contributed by atoms with Crippen molar-refractivity contribution in [3.05, 3.63) is 41.5 Å². The average Bonchev–Trinajstić information content (AvgIpc) is 3.22. The number of thiazole rings is 1. The minimum atomic E-state index is -4.72. The molecule has 3 rings (SSSR count). The van der Waals surface area contributed by atoms with E-state index in [2.05, 4.69) is 20.5 Å². The van der Waals surface area contributed by atoms with Crippen LogP contribution in [0.25, 0.3) is 11.3 Å². The van der Waals surface area contributed by atoms with Crippen molar-refractivity contribution in [1.82, 2.24) is 19.9 Å². The molecule has 0 aliphatic carbocycles. The molecule has 27 heavy (non-hydrogen) atoms. The molecule has 0 aliphatic heterocycles. The van der Waals surface area contributed by atoms with Crippen LogP contribution in [-0.4, -0.2) is 31.0 Å². The number of hydrogen-bond acceptors (Lipinski definition) is 7. The third kappa shape index (κ3) is 4.39. The molecule has 1 unspecified atom stereocenters. The number of nitrogen functional groups attached to an aromatic ring is 1. The van der Waals surface area contributed by atoms with Gasteiger partial charge in [0.05, 0.1) is 10.9 Å². The Bertz CT molecular complexity index is 941. The molecule has 12 heteroatoms. The van der Waals surface area contributed by atoms with E-state index in [-0.39, 0.29) is 5.16 Å².